The number of hydrogen-bond donors (Lipinski definition) is 0. The number of carbonyl (C=O) groups excluding carboxylic acids is 3. The quantitative estimate of drug-likeness (QED) is 0.0200. The van der Waals surface area contributed by atoms with Crippen molar-refractivity contribution >= 4 is 17.9 Å². The Labute approximate surface area is 386 Å². The van der Waals surface area contributed by atoms with Crippen LogP contribution in [0.3, 0.4) is 0 Å². The average Bonchev–Trinajstić information content (AvgIpc) is 3.28. The predicted octanol–water partition coefficient (Wildman–Crippen LogP) is 16.5. The summed E-state index contributed by atoms with van der Waals surface area (Å²) in [5, 5.41) is 0. The van der Waals surface area contributed by atoms with Gasteiger partial charge in [-0.1, -0.05) is 213 Å². The van der Waals surface area contributed by atoms with E-state index in [2.05, 4.69) is 81.5 Å². The lowest BCUT2D eigenvalue weighted by Crippen LogP contribution is -2.30. The van der Waals surface area contributed by atoms with E-state index in [1.165, 1.54) is 44.9 Å². The standard InChI is InChI=1S/C57H90O6/c1-4-7-10-13-16-19-22-25-27-29-31-32-35-38-41-44-47-50-56(59)62-53-54(52-61-55(58)49-46-43-40-37-34-24-21-18-15-12-9-6-3)63-57(60)51-48-45-42-39-36-33-30-28-26-23-20-17-14-11-8-5-2/h7,9-10,12-13,16,18-19,21-22,25,27-33,35-36,54H,4-6,8,11,14-15,17,20,23-24,26,34,37-53H2,1-3H3/b10-7-,12-9-,16-13-,21-18-,22-19-,27-25-,30-28-,31-29+,35-32-,36-33-. The number of carbonyl (C=O) groups is 3. The lowest BCUT2D eigenvalue weighted by Gasteiger charge is -2.18. The highest BCUT2D eigenvalue weighted by Gasteiger charge is 2.19. The molecule has 0 aliphatic carbocycles. The predicted molar refractivity (Wildman–Crippen MR) is 269 cm³/mol. The molecule has 0 aromatic heterocycles. The van der Waals surface area contributed by atoms with Crippen molar-refractivity contribution in [2.75, 3.05) is 13.2 Å². The zero-order valence-corrected chi connectivity index (χ0v) is 40.3. The normalized spacial score (nSPS) is 13.1. The minimum Gasteiger partial charge on any atom is -0.462 e. The van der Waals surface area contributed by atoms with Crippen molar-refractivity contribution in [3.63, 3.8) is 0 Å². The van der Waals surface area contributed by atoms with E-state index in [0.717, 1.165) is 116 Å². The highest BCUT2D eigenvalue weighted by atomic mass is 16.6. The zero-order chi connectivity index (χ0) is 45.8. The van der Waals surface area contributed by atoms with Crippen LogP contribution in [0, 0.1) is 0 Å². The Morgan fingerprint density at radius 2 is 0.698 bits per heavy atom. The molecule has 0 saturated carbocycles. The Balaban J connectivity index is 4.56. The van der Waals surface area contributed by atoms with Crippen LogP contribution in [0.25, 0.3) is 0 Å². The molecule has 0 saturated heterocycles. The van der Waals surface area contributed by atoms with Crippen molar-refractivity contribution in [1.82, 2.24) is 0 Å². The monoisotopic (exact) mass is 871 g/mol. The van der Waals surface area contributed by atoms with E-state index in [0.29, 0.717) is 12.8 Å². The first-order valence-corrected chi connectivity index (χ1v) is 25.1. The molecular weight excluding hydrogens is 781 g/mol. The molecule has 6 heteroatoms. The van der Waals surface area contributed by atoms with Crippen LogP contribution in [0.5, 0.6) is 0 Å². The van der Waals surface area contributed by atoms with Crippen molar-refractivity contribution in [2.24, 2.45) is 0 Å². The van der Waals surface area contributed by atoms with Crippen molar-refractivity contribution in [1.29, 1.82) is 0 Å². The van der Waals surface area contributed by atoms with Gasteiger partial charge in [0.1, 0.15) is 13.2 Å². The van der Waals surface area contributed by atoms with Gasteiger partial charge >= 0.3 is 17.9 Å². The maximum absolute atomic E-state index is 12.8. The summed E-state index contributed by atoms with van der Waals surface area (Å²) >= 11 is 0. The Kier molecular flexibility index (Phi) is 47.1. The second kappa shape index (κ2) is 50.5. The molecule has 0 aromatic rings. The third-order valence-corrected chi connectivity index (χ3v) is 10.1. The Morgan fingerprint density at radius 1 is 0.349 bits per heavy atom. The van der Waals surface area contributed by atoms with Gasteiger partial charge in [-0.15, -0.1) is 0 Å². The van der Waals surface area contributed by atoms with Gasteiger partial charge in [-0.3, -0.25) is 14.4 Å². The summed E-state index contributed by atoms with van der Waals surface area (Å²) in [4.78, 5) is 37.9. The van der Waals surface area contributed by atoms with Crippen molar-refractivity contribution < 1.29 is 28.6 Å². The van der Waals surface area contributed by atoms with Crippen molar-refractivity contribution in [2.45, 2.75) is 207 Å². The molecule has 0 bridgehead atoms. The smallest absolute Gasteiger partial charge is 0.306 e. The summed E-state index contributed by atoms with van der Waals surface area (Å²) in [5.41, 5.74) is 0. The molecule has 0 radical (unpaired) electrons. The molecule has 63 heavy (non-hydrogen) atoms. The summed E-state index contributed by atoms with van der Waals surface area (Å²) in [6, 6.07) is 0. The van der Waals surface area contributed by atoms with Crippen LogP contribution < -0.4 is 0 Å². The van der Waals surface area contributed by atoms with E-state index in [-0.39, 0.29) is 37.5 Å². The van der Waals surface area contributed by atoms with Crippen LogP contribution in [0.2, 0.25) is 0 Å². The van der Waals surface area contributed by atoms with E-state index in [9.17, 15) is 14.4 Å². The fourth-order valence-electron chi connectivity index (χ4n) is 6.38. The summed E-state index contributed by atoms with van der Waals surface area (Å²) in [6.07, 6.45) is 68.9. The third kappa shape index (κ3) is 48.7. The molecule has 1 atom stereocenters. The highest BCUT2D eigenvalue weighted by molar-refractivity contribution is 5.71. The summed E-state index contributed by atoms with van der Waals surface area (Å²) in [6.45, 7) is 6.28. The average molecular weight is 871 g/mol. The molecule has 0 aliphatic rings. The van der Waals surface area contributed by atoms with Crippen LogP contribution in [-0.2, 0) is 28.6 Å². The van der Waals surface area contributed by atoms with Crippen LogP contribution in [0.1, 0.15) is 201 Å². The highest BCUT2D eigenvalue weighted by Crippen LogP contribution is 2.12. The van der Waals surface area contributed by atoms with Crippen LogP contribution >= 0.6 is 0 Å². The van der Waals surface area contributed by atoms with Gasteiger partial charge < -0.3 is 14.2 Å². The molecule has 354 valence electrons. The SMILES string of the molecule is CC\C=C/C=C\C=C/C=C\C=C\C=C/CCCCCC(=O)OCC(COC(=O)CCCCCCC/C=C\C/C=C\CC)OC(=O)CCCCC/C=C\C=C/CCCCCCCCC. The molecule has 0 aliphatic heterocycles. The molecule has 0 rings (SSSR count). The zero-order valence-electron chi connectivity index (χ0n) is 40.3. The minimum absolute atomic E-state index is 0.115. The minimum atomic E-state index is -0.819. The molecular formula is C57H90O6. The largest absolute Gasteiger partial charge is 0.462 e. The summed E-state index contributed by atoms with van der Waals surface area (Å²) < 4.78 is 16.7. The van der Waals surface area contributed by atoms with Gasteiger partial charge in [0.2, 0.25) is 0 Å². The fraction of sp³-hybridized carbons (Fsp3) is 0.596. The van der Waals surface area contributed by atoms with Crippen LogP contribution in [-0.4, -0.2) is 37.2 Å². The van der Waals surface area contributed by atoms with Crippen molar-refractivity contribution in [3.8, 4) is 0 Å². The van der Waals surface area contributed by atoms with E-state index < -0.39 is 6.10 Å². The number of rotatable bonds is 43. The van der Waals surface area contributed by atoms with Crippen LogP contribution in [0.4, 0.5) is 0 Å². The van der Waals surface area contributed by atoms with E-state index in [1.54, 1.807) is 0 Å². The molecule has 0 heterocycles. The Hall–Kier alpha value is -4.19. The van der Waals surface area contributed by atoms with E-state index >= 15 is 0 Å². The molecule has 0 spiro atoms. The van der Waals surface area contributed by atoms with Gasteiger partial charge in [0, 0.05) is 19.3 Å². The van der Waals surface area contributed by atoms with Crippen LogP contribution in [0.15, 0.2) is 122 Å². The van der Waals surface area contributed by atoms with Gasteiger partial charge in [0.15, 0.2) is 6.10 Å². The number of unbranched alkanes of at least 4 members (excludes halogenated alkanes) is 18. The second-order valence-electron chi connectivity index (χ2n) is 16.1. The lowest BCUT2D eigenvalue weighted by molar-refractivity contribution is -0.167. The number of ether oxygens (including phenoxy) is 3. The maximum atomic E-state index is 12.8. The molecule has 0 aromatic carbocycles. The maximum Gasteiger partial charge on any atom is 0.306 e. The van der Waals surface area contributed by atoms with Gasteiger partial charge in [-0.05, 0) is 89.9 Å². The molecule has 1 unspecified atom stereocenters. The van der Waals surface area contributed by atoms with Crippen molar-refractivity contribution in [3.05, 3.63) is 122 Å². The number of esters is 3. The first-order valence-electron chi connectivity index (χ1n) is 25.1. The summed E-state index contributed by atoms with van der Waals surface area (Å²) in [7, 11) is 0. The molecule has 0 amide bonds. The molecule has 6 nitrogen and oxygen atoms in total. The van der Waals surface area contributed by atoms with Gasteiger partial charge in [-0.2, -0.15) is 0 Å². The second-order valence-corrected chi connectivity index (χ2v) is 16.1. The molecule has 0 fully saturated rings. The Morgan fingerprint density at radius 3 is 1.17 bits per heavy atom. The third-order valence-electron chi connectivity index (χ3n) is 10.1. The Bertz CT molecular complexity index is 1370. The lowest BCUT2D eigenvalue weighted by atomic mass is 10.1. The van der Waals surface area contributed by atoms with Gasteiger partial charge in [-0.25, -0.2) is 0 Å². The van der Waals surface area contributed by atoms with Gasteiger partial charge in [0.05, 0.1) is 0 Å². The summed E-state index contributed by atoms with van der Waals surface area (Å²) in [5.74, 6) is -1.01. The van der Waals surface area contributed by atoms with E-state index in [4.69, 9.17) is 14.2 Å². The molecule has 0 N–H and O–H groups in total. The number of allylic oxidation sites excluding steroid dienone is 20. The van der Waals surface area contributed by atoms with Gasteiger partial charge in [0.25, 0.3) is 0 Å². The topological polar surface area (TPSA) is 78.9 Å². The fourth-order valence-corrected chi connectivity index (χ4v) is 6.38. The first kappa shape index (κ1) is 58.8. The van der Waals surface area contributed by atoms with E-state index in [1.807, 2.05) is 60.8 Å². The first-order chi connectivity index (χ1) is 31.0. The number of hydrogen-bond acceptors (Lipinski definition) is 6.